The fourth-order valence-corrected chi connectivity index (χ4v) is 3.13. The first kappa shape index (κ1) is 11.0. The molecule has 0 saturated carbocycles. The van der Waals surface area contributed by atoms with E-state index in [0.717, 1.165) is 31.9 Å². The number of aryl methyl sites for hydroxylation is 1. The number of halogens is 1. The Balaban J connectivity index is 1.74. The first-order chi connectivity index (χ1) is 8.19. The zero-order chi connectivity index (χ0) is 11.9. The first-order valence-electron chi connectivity index (χ1n) is 6.40. The van der Waals surface area contributed by atoms with Crippen molar-refractivity contribution >= 4 is 5.69 Å². The van der Waals surface area contributed by atoms with Gasteiger partial charge in [-0.1, -0.05) is 6.07 Å². The van der Waals surface area contributed by atoms with Crippen molar-refractivity contribution in [2.45, 2.75) is 19.8 Å². The largest absolute Gasteiger partial charge is 0.370 e. The summed E-state index contributed by atoms with van der Waals surface area (Å²) in [5, 5.41) is 3.40. The van der Waals surface area contributed by atoms with E-state index < -0.39 is 0 Å². The van der Waals surface area contributed by atoms with Gasteiger partial charge in [0.2, 0.25) is 0 Å². The van der Waals surface area contributed by atoms with Gasteiger partial charge in [-0.25, -0.2) is 4.39 Å². The second-order valence-corrected chi connectivity index (χ2v) is 5.54. The van der Waals surface area contributed by atoms with Gasteiger partial charge in [-0.2, -0.15) is 0 Å². The number of nitrogens with one attached hydrogen (secondary N) is 1. The number of anilines is 1. The molecule has 1 spiro atoms. The van der Waals surface area contributed by atoms with Gasteiger partial charge in [-0.05, 0) is 50.6 Å². The van der Waals surface area contributed by atoms with Gasteiger partial charge in [-0.15, -0.1) is 0 Å². The van der Waals surface area contributed by atoms with Crippen molar-refractivity contribution in [1.82, 2.24) is 5.32 Å². The number of nitrogens with zero attached hydrogens (tertiary/aromatic N) is 1. The quantitative estimate of drug-likeness (QED) is 0.802. The average Bonchev–Trinajstić information content (AvgIpc) is 2.30. The van der Waals surface area contributed by atoms with Crippen LogP contribution in [-0.4, -0.2) is 26.2 Å². The number of piperidine rings is 1. The van der Waals surface area contributed by atoms with Gasteiger partial charge >= 0.3 is 0 Å². The third-order valence-electron chi connectivity index (χ3n) is 4.23. The number of benzene rings is 1. The lowest BCUT2D eigenvalue weighted by atomic mass is 9.72. The van der Waals surface area contributed by atoms with Crippen molar-refractivity contribution in [3.8, 4) is 0 Å². The molecule has 2 nitrogen and oxygen atoms in total. The first-order valence-corrected chi connectivity index (χ1v) is 6.40. The minimum atomic E-state index is -0.128. The lowest BCUT2D eigenvalue weighted by molar-refractivity contribution is 0.150. The standard InChI is InChI=1S/C14H19FN2/c1-11-2-3-12(15)8-13(11)17-9-14(10-17)4-6-16-7-5-14/h2-3,8,16H,4-7,9-10H2,1H3. The molecule has 1 aromatic carbocycles. The molecule has 2 aliphatic heterocycles. The highest BCUT2D eigenvalue weighted by Crippen LogP contribution is 2.42. The number of hydrogen-bond acceptors (Lipinski definition) is 2. The zero-order valence-electron chi connectivity index (χ0n) is 10.3. The Morgan fingerprint density at radius 3 is 2.65 bits per heavy atom. The van der Waals surface area contributed by atoms with Crippen LogP contribution in [0.4, 0.5) is 10.1 Å². The molecule has 0 atom stereocenters. The molecule has 0 amide bonds. The van der Waals surface area contributed by atoms with Gasteiger partial charge in [0, 0.05) is 24.2 Å². The fourth-order valence-electron chi connectivity index (χ4n) is 3.13. The van der Waals surface area contributed by atoms with Gasteiger partial charge < -0.3 is 10.2 Å². The molecule has 3 rings (SSSR count). The Labute approximate surface area is 102 Å². The van der Waals surface area contributed by atoms with Crippen LogP contribution in [0, 0.1) is 18.2 Å². The molecule has 0 unspecified atom stereocenters. The summed E-state index contributed by atoms with van der Waals surface area (Å²) in [4.78, 5) is 2.32. The fraction of sp³-hybridized carbons (Fsp3) is 0.571. The van der Waals surface area contributed by atoms with Crippen LogP contribution in [0.2, 0.25) is 0 Å². The summed E-state index contributed by atoms with van der Waals surface area (Å²) in [7, 11) is 0. The van der Waals surface area contributed by atoms with Gasteiger partial charge in [0.15, 0.2) is 0 Å². The van der Waals surface area contributed by atoms with E-state index in [1.165, 1.54) is 18.4 Å². The second-order valence-electron chi connectivity index (χ2n) is 5.54. The SMILES string of the molecule is Cc1ccc(F)cc1N1CC2(CCNCC2)C1. The highest BCUT2D eigenvalue weighted by atomic mass is 19.1. The smallest absolute Gasteiger partial charge is 0.125 e. The summed E-state index contributed by atoms with van der Waals surface area (Å²) >= 11 is 0. The second kappa shape index (κ2) is 3.98. The van der Waals surface area contributed by atoms with E-state index in [-0.39, 0.29) is 5.82 Å². The molecule has 1 N–H and O–H groups in total. The summed E-state index contributed by atoms with van der Waals surface area (Å²) in [6, 6.07) is 5.08. The van der Waals surface area contributed by atoms with Gasteiger partial charge in [0.1, 0.15) is 5.82 Å². The van der Waals surface area contributed by atoms with E-state index in [2.05, 4.69) is 17.1 Å². The topological polar surface area (TPSA) is 15.3 Å². The number of rotatable bonds is 1. The highest BCUT2D eigenvalue weighted by molar-refractivity contribution is 5.56. The molecule has 0 radical (unpaired) electrons. The molecule has 0 aliphatic carbocycles. The van der Waals surface area contributed by atoms with Crippen LogP contribution < -0.4 is 10.2 Å². The third-order valence-corrected chi connectivity index (χ3v) is 4.23. The van der Waals surface area contributed by atoms with Crippen LogP contribution in [0.5, 0.6) is 0 Å². The Morgan fingerprint density at radius 1 is 1.24 bits per heavy atom. The van der Waals surface area contributed by atoms with Crippen LogP contribution in [0.1, 0.15) is 18.4 Å². The maximum atomic E-state index is 13.3. The van der Waals surface area contributed by atoms with Crippen molar-refractivity contribution in [3.63, 3.8) is 0 Å². The monoisotopic (exact) mass is 234 g/mol. The Kier molecular flexibility index (Phi) is 2.58. The minimum absolute atomic E-state index is 0.128. The zero-order valence-corrected chi connectivity index (χ0v) is 10.3. The summed E-state index contributed by atoms with van der Waals surface area (Å²) in [6.07, 6.45) is 2.52. The summed E-state index contributed by atoms with van der Waals surface area (Å²) < 4.78 is 13.3. The molecular formula is C14H19FN2. The summed E-state index contributed by atoms with van der Waals surface area (Å²) in [5.41, 5.74) is 2.76. The predicted molar refractivity (Wildman–Crippen MR) is 67.9 cm³/mol. The summed E-state index contributed by atoms with van der Waals surface area (Å²) in [5.74, 6) is -0.128. The molecule has 2 saturated heterocycles. The van der Waals surface area contributed by atoms with Crippen LogP contribution in [-0.2, 0) is 0 Å². The van der Waals surface area contributed by atoms with Gasteiger partial charge in [0.05, 0.1) is 0 Å². The normalized spacial score (nSPS) is 22.6. The van der Waals surface area contributed by atoms with Crippen molar-refractivity contribution < 1.29 is 4.39 Å². The summed E-state index contributed by atoms with van der Waals surface area (Å²) in [6.45, 7) is 6.52. The molecule has 1 aromatic rings. The Morgan fingerprint density at radius 2 is 1.94 bits per heavy atom. The molecule has 0 aromatic heterocycles. The third kappa shape index (κ3) is 1.93. The number of hydrogen-bond donors (Lipinski definition) is 1. The molecule has 2 aliphatic rings. The van der Waals surface area contributed by atoms with E-state index in [1.54, 1.807) is 12.1 Å². The van der Waals surface area contributed by atoms with E-state index in [4.69, 9.17) is 0 Å². The minimum Gasteiger partial charge on any atom is -0.370 e. The van der Waals surface area contributed by atoms with Crippen LogP contribution >= 0.6 is 0 Å². The van der Waals surface area contributed by atoms with E-state index in [0.29, 0.717) is 5.41 Å². The highest BCUT2D eigenvalue weighted by Gasteiger charge is 2.43. The van der Waals surface area contributed by atoms with Crippen molar-refractivity contribution in [3.05, 3.63) is 29.6 Å². The van der Waals surface area contributed by atoms with Crippen molar-refractivity contribution in [1.29, 1.82) is 0 Å². The van der Waals surface area contributed by atoms with Crippen LogP contribution in [0.3, 0.4) is 0 Å². The van der Waals surface area contributed by atoms with Crippen LogP contribution in [0.15, 0.2) is 18.2 Å². The lowest BCUT2D eigenvalue weighted by Crippen LogP contribution is -2.60. The maximum Gasteiger partial charge on any atom is 0.125 e. The average molecular weight is 234 g/mol. The Hall–Kier alpha value is -1.09. The molecule has 17 heavy (non-hydrogen) atoms. The molecule has 2 fully saturated rings. The van der Waals surface area contributed by atoms with Crippen LogP contribution in [0.25, 0.3) is 0 Å². The predicted octanol–water partition coefficient (Wildman–Crippen LogP) is 2.32. The van der Waals surface area contributed by atoms with Crippen molar-refractivity contribution in [2.75, 3.05) is 31.1 Å². The van der Waals surface area contributed by atoms with E-state index in [1.807, 2.05) is 6.07 Å². The Bertz CT molecular complexity index is 416. The molecule has 2 heterocycles. The van der Waals surface area contributed by atoms with Gasteiger partial charge in [0.25, 0.3) is 0 Å². The molecular weight excluding hydrogens is 215 g/mol. The van der Waals surface area contributed by atoms with Gasteiger partial charge in [-0.3, -0.25) is 0 Å². The molecule has 92 valence electrons. The molecule has 3 heteroatoms. The van der Waals surface area contributed by atoms with E-state index >= 15 is 0 Å². The lowest BCUT2D eigenvalue weighted by Gasteiger charge is -2.54. The van der Waals surface area contributed by atoms with Crippen molar-refractivity contribution in [2.24, 2.45) is 5.41 Å². The molecule has 0 bridgehead atoms. The maximum absolute atomic E-state index is 13.3. The van der Waals surface area contributed by atoms with E-state index in [9.17, 15) is 4.39 Å².